The lowest BCUT2D eigenvalue weighted by Crippen LogP contribution is -2.27. The molecule has 0 aromatic heterocycles. The van der Waals surface area contributed by atoms with E-state index in [0.717, 1.165) is 31.7 Å². The minimum absolute atomic E-state index is 0.0204. The molecule has 1 N–H and O–H groups in total. The lowest BCUT2D eigenvalue weighted by atomic mass is 10.1. The standard InChI is InChI=1S/C14H20N2O4/c1-10(2)20-14-8-12(7-13(9-14)16(17)18)15-11-3-5-19-6-4-11/h7-11,15H,3-6H2,1-2H3. The maximum atomic E-state index is 11.0. The SMILES string of the molecule is CC(C)Oc1cc(NC2CCOCC2)cc([N+](=O)[O-])c1. The summed E-state index contributed by atoms with van der Waals surface area (Å²) < 4.78 is 10.9. The highest BCUT2D eigenvalue weighted by molar-refractivity contribution is 5.56. The first-order valence-electron chi connectivity index (χ1n) is 6.85. The first kappa shape index (κ1) is 14.6. The van der Waals surface area contributed by atoms with E-state index in [9.17, 15) is 10.1 Å². The highest BCUT2D eigenvalue weighted by atomic mass is 16.6. The van der Waals surface area contributed by atoms with Crippen LogP contribution in [0.4, 0.5) is 11.4 Å². The molecule has 0 radical (unpaired) electrons. The van der Waals surface area contributed by atoms with Crippen molar-refractivity contribution in [3.05, 3.63) is 28.3 Å². The molecule has 1 saturated heterocycles. The Morgan fingerprint density at radius 2 is 2.05 bits per heavy atom. The average Bonchev–Trinajstić information content (AvgIpc) is 2.38. The maximum absolute atomic E-state index is 11.0. The molecule has 0 unspecified atom stereocenters. The summed E-state index contributed by atoms with van der Waals surface area (Å²) in [6, 6.07) is 5.10. The van der Waals surface area contributed by atoms with Crippen LogP contribution in [-0.4, -0.2) is 30.3 Å². The topological polar surface area (TPSA) is 73.6 Å². The fourth-order valence-electron chi connectivity index (χ4n) is 2.19. The van der Waals surface area contributed by atoms with Crippen LogP contribution >= 0.6 is 0 Å². The Kier molecular flexibility index (Phi) is 4.79. The van der Waals surface area contributed by atoms with E-state index in [1.54, 1.807) is 6.07 Å². The molecular weight excluding hydrogens is 260 g/mol. The summed E-state index contributed by atoms with van der Waals surface area (Å²) in [5.74, 6) is 0.517. The number of nitrogens with one attached hydrogen (secondary N) is 1. The number of benzene rings is 1. The van der Waals surface area contributed by atoms with Crippen molar-refractivity contribution in [3.8, 4) is 5.75 Å². The van der Waals surface area contributed by atoms with Gasteiger partial charge in [0.15, 0.2) is 0 Å². The largest absolute Gasteiger partial charge is 0.491 e. The summed E-state index contributed by atoms with van der Waals surface area (Å²) in [6.07, 6.45) is 1.79. The number of rotatable bonds is 5. The molecule has 1 aromatic rings. The van der Waals surface area contributed by atoms with Crippen molar-refractivity contribution < 1.29 is 14.4 Å². The summed E-state index contributed by atoms with van der Waals surface area (Å²) in [5.41, 5.74) is 0.763. The molecule has 0 aliphatic carbocycles. The van der Waals surface area contributed by atoms with E-state index in [0.29, 0.717) is 5.75 Å². The molecule has 0 atom stereocenters. The van der Waals surface area contributed by atoms with Crippen molar-refractivity contribution in [2.24, 2.45) is 0 Å². The van der Waals surface area contributed by atoms with Crippen LogP contribution in [0.5, 0.6) is 5.75 Å². The second-order valence-electron chi connectivity index (χ2n) is 5.17. The van der Waals surface area contributed by atoms with E-state index in [4.69, 9.17) is 9.47 Å². The number of hydrogen-bond donors (Lipinski definition) is 1. The van der Waals surface area contributed by atoms with Gasteiger partial charge in [-0.25, -0.2) is 0 Å². The highest BCUT2D eigenvalue weighted by Gasteiger charge is 2.16. The van der Waals surface area contributed by atoms with Crippen LogP contribution in [0.3, 0.4) is 0 Å². The Hall–Kier alpha value is -1.82. The van der Waals surface area contributed by atoms with E-state index in [-0.39, 0.29) is 17.8 Å². The number of non-ortho nitro benzene ring substituents is 1. The molecule has 110 valence electrons. The maximum Gasteiger partial charge on any atom is 0.275 e. The molecule has 0 spiro atoms. The molecule has 0 amide bonds. The molecule has 0 bridgehead atoms. The fraction of sp³-hybridized carbons (Fsp3) is 0.571. The number of nitro groups is 1. The summed E-state index contributed by atoms with van der Waals surface area (Å²) >= 11 is 0. The van der Waals surface area contributed by atoms with Crippen molar-refractivity contribution in [3.63, 3.8) is 0 Å². The van der Waals surface area contributed by atoms with Gasteiger partial charge in [-0.15, -0.1) is 0 Å². The molecule has 6 nitrogen and oxygen atoms in total. The third kappa shape index (κ3) is 4.09. The number of nitro benzene ring substituents is 1. The van der Waals surface area contributed by atoms with Gasteiger partial charge in [0.05, 0.1) is 17.1 Å². The normalized spacial score (nSPS) is 16.1. The number of ether oxygens (including phenoxy) is 2. The summed E-state index contributed by atoms with van der Waals surface area (Å²) in [4.78, 5) is 10.6. The van der Waals surface area contributed by atoms with Crippen molar-refractivity contribution >= 4 is 11.4 Å². The Morgan fingerprint density at radius 3 is 2.65 bits per heavy atom. The summed E-state index contributed by atoms with van der Waals surface area (Å²) in [6.45, 7) is 5.23. The zero-order valence-electron chi connectivity index (χ0n) is 11.8. The van der Waals surface area contributed by atoms with Gasteiger partial charge < -0.3 is 14.8 Å². The van der Waals surface area contributed by atoms with Gasteiger partial charge in [-0.05, 0) is 26.7 Å². The van der Waals surface area contributed by atoms with E-state index in [2.05, 4.69) is 5.32 Å². The first-order valence-corrected chi connectivity index (χ1v) is 6.85. The van der Waals surface area contributed by atoms with Crippen LogP contribution in [0.15, 0.2) is 18.2 Å². The first-order chi connectivity index (χ1) is 9.54. The van der Waals surface area contributed by atoms with Gasteiger partial charge in [0.1, 0.15) is 5.75 Å². The summed E-state index contributed by atoms with van der Waals surface area (Å²) in [7, 11) is 0. The molecule has 2 rings (SSSR count). The van der Waals surface area contributed by atoms with Gasteiger partial charge in [-0.3, -0.25) is 10.1 Å². The van der Waals surface area contributed by atoms with Gasteiger partial charge in [0.25, 0.3) is 5.69 Å². The van der Waals surface area contributed by atoms with Crippen molar-refractivity contribution in [2.75, 3.05) is 18.5 Å². The second-order valence-corrected chi connectivity index (χ2v) is 5.17. The van der Waals surface area contributed by atoms with Gasteiger partial charge in [0.2, 0.25) is 0 Å². The minimum Gasteiger partial charge on any atom is -0.491 e. The summed E-state index contributed by atoms with van der Waals surface area (Å²) in [5, 5.41) is 14.3. The predicted octanol–water partition coefficient (Wildman–Crippen LogP) is 2.97. The van der Waals surface area contributed by atoms with E-state index >= 15 is 0 Å². The second kappa shape index (κ2) is 6.56. The Balaban J connectivity index is 2.17. The zero-order valence-corrected chi connectivity index (χ0v) is 11.8. The lowest BCUT2D eigenvalue weighted by Gasteiger charge is -2.24. The van der Waals surface area contributed by atoms with Crippen LogP contribution in [0.2, 0.25) is 0 Å². The third-order valence-corrected chi connectivity index (χ3v) is 3.07. The van der Waals surface area contributed by atoms with Gasteiger partial charge in [0, 0.05) is 37.1 Å². The van der Waals surface area contributed by atoms with Crippen LogP contribution in [0.1, 0.15) is 26.7 Å². The predicted molar refractivity (Wildman–Crippen MR) is 76.3 cm³/mol. The van der Waals surface area contributed by atoms with Crippen molar-refractivity contribution in [1.29, 1.82) is 0 Å². The number of anilines is 1. The molecule has 1 aliphatic rings. The molecule has 20 heavy (non-hydrogen) atoms. The van der Waals surface area contributed by atoms with Crippen LogP contribution in [0.25, 0.3) is 0 Å². The average molecular weight is 280 g/mol. The molecular formula is C14H20N2O4. The fourth-order valence-corrected chi connectivity index (χ4v) is 2.19. The van der Waals surface area contributed by atoms with Gasteiger partial charge >= 0.3 is 0 Å². The van der Waals surface area contributed by atoms with E-state index in [1.807, 2.05) is 19.9 Å². The van der Waals surface area contributed by atoms with Crippen LogP contribution in [-0.2, 0) is 4.74 Å². The zero-order chi connectivity index (χ0) is 14.5. The van der Waals surface area contributed by atoms with Crippen LogP contribution < -0.4 is 10.1 Å². The number of nitrogens with zero attached hydrogens (tertiary/aromatic N) is 1. The Labute approximate surface area is 118 Å². The van der Waals surface area contributed by atoms with Gasteiger partial charge in [-0.1, -0.05) is 0 Å². The molecule has 1 aromatic carbocycles. The van der Waals surface area contributed by atoms with Crippen LogP contribution in [0, 0.1) is 10.1 Å². The minimum atomic E-state index is -0.400. The van der Waals surface area contributed by atoms with Crippen molar-refractivity contribution in [1.82, 2.24) is 0 Å². The highest BCUT2D eigenvalue weighted by Crippen LogP contribution is 2.28. The van der Waals surface area contributed by atoms with E-state index < -0.39 is 4.92 Å². The Morgan fingerprint density at radius 1 is 1.35 bits per heavy atom. The molecule has 0 saturated carbocycles. The molecule has 1 fully saturated rings. The molecule has 1 aliphatic heterocycles. The van der Waals surface area contributed by atoms with E-state index in [1.165, 1.54) is 6.07 Å². The molecule has 1 heterocycles. The van der Waals surface area contributed by atoms with Gasteiger partial charge in [-0.2, -0.15) is 0 Å². The number of hydrogen-bond acceptors (Lipinski definition) is 5. The van der Waals surface area contributed by atoms with Crippen molar-refractivity contribution in [2.45, 2.75) is 38.8 Å². The monoisotopic (exact) mass is 280 g/mol. The smallest absolute Gasteiger partial charge is 0.275 e. The Bertz CT molecular complexity index is 470. The third-order valence-electron chi connectivity index (χ3n) is 3.07. The lowest BCUT2D eigenvalue weighted by molar-refractivity contribution is -0.384. The quantitative estimate of drug-likeness (QED) is 0.663. The molecule has 6 heteroatoms.